The van der Waals surface area contributed by atoms with E-state index in [0.717, 1.165) is 0 Å². The minimum absolute atomic E-state index is 0.0323. The number of aliphatic hydroxyl groups excluding tert-OH is 1. The van der Waals surface area contributed by atoms with Crippen LogP contribution in [0, 0.1) is 5.92 Å². The molecule has 1 amide bonds. The second-order valence-corrected chi connectivity index (χ2v) is 10.5. The zero-order valence-electron chi connectivity index (χ0n) is 22.5. The summed E-state index contributed by atoms with van der Waals surface area (Å²) in [5.74, 6) is -0.810. The van der Waals surface area contributed by atoms with E-state index in [2.05, 4.69) is 0 Å². The Hall–Kier alpha value is -2.94. The number of rotatable bonds is 11. The fraction of sp³-hybridized carbons (Fsp3) is 0.429. The van der Waals surface area contributed by atoms with Gasteiger partial charge in [-0.15, -0.1) is 0 Å². The summed E-state index contributed by atoms with van der Waals surface area (Å²) >= 11 is 12.8. The van der Waals surface area contributed by atoms with Crippen LogP contribution >= 0.6 is 23.2 Å². The molecule has 0 aromatic heterocycles. The van der Waals surface area contributed by atoms with E-state index in [0.29, 0.717) is 43.3 Å². The van der Waals surface area contributed by atoms with Gasteiger partial charge in [-0.3, -0.25) is 9.59 Å². The maximum atomic E-state index is 13.4. The molecule has 1 aliphatic heterocycles. The van der Waals surface area contributed by atoms with Gasteiger partial charge in [0.1, 0.15) is 16.5 Å². The molecule has 1 fully saturated rings. The maximum Gasteiger partial charge on any atom is 0.295 e. The average molecular weight is 565 g/mol. The largest absolute Gasteiger partial charge is 0.507 e. The van der Waals surface area contributed by atoms with Gasteiger partial charge in [0.05, 0.1) is 43.0 Å². The van der Waals surface area contributed by atoms with Crippen molar-refractivity contribution in [1.29, 1.82) is 0 Å². The van der Waals surface area contributed by atoms with Crippen LogP contribution in [0.2, 0.25) is 10.0 Å². The highest BCUT2D eigenvalue weighted by molar-refractivity contribution is 6.47. The van der Waals surface area contributed by atoms with Gasteiger partial charge in [0, 0.05) is 6.54 Å². The summed E-state index contributed by atoms with van der Waals surface area (Å²) in [4.78, 5) is 30.2. The number of hydrogen-bond acceptors (Lipinski definition) is 7. The summed E-state index contributed by atoms with van der Waals surface area (Å²) in [7, 11) is 6.65. The lowest BCUT2D eigenvalue weighted by atomic mass is 9.94. The van der Waals surface area contributed by atoms with Gasteiger partial charge in [-0.05, 0) is 56.7 Å². The highest BCUT2D eigenvalue weighted by atomic mass is 35.5. The highest BCUT2D eigenvalue weighted by Crippen LogP contribution is 2.47. The van der Waals surface area contributed by atoms with Gasteiger partial charge in [-0.1, -0.05) is 49.2 Å². The molecule has 2 aromatic carbocycles. The molecule has 10 heteroatoms. The van der Waals surface area contributed by atoms with Gasteiger partial charge < -0.3 is 29.1 Å². The first-order valence-corrected chi connectivity index (χ1v) is 13.0. The van der Waals surface area contributed by atoms with Gasteiger partial charge >= 0.3 is 0 Å². The van der Waals surface area contributed by atoms with E-state index in [1.165, 1.54) is 25.2 Å². The second kappa shape index (κ2) is 12.7. The normalized spacial score (nSPS) is 17.0. The molecular formula is C28H34Cl2N2O6. The fourth-order valence-electron chi connectivity index (χ4n) is 4.34. The Labute approximate surface area is 233 Å². The van der Waals surface area contributed by atoms with Gasteiger partial charge in [-0.2, -0.15) is 0 Å². The van der Waals surface area contributed by atoms with Crippen molar-refractivity contribution in [1.82, 2.24) is 9.80 Å². The number of likely N-dealkylation sites (tertiary alicyclic amines) is 1. The number of ketones is 1. The van der Waals surface area contributed by atoms with Gasteiger partial charge in [0.25, 0.3) is 11.7 Å². The molecule has 38 heavy (non-hydrogen) atoms. The van der Waals surface area contributed by atoms with Gasteiger partial charge in [-0.25, -0.2) is 0 Å². The Balaban J connectivity index is 2.21. The number of ether oxygens (including phenoxy) is 3. The summed E-state index contributed by atoms with van der Waals surface area (Å²) in [6.45, 7) is 5.61. The number of amides is 1. The molecule has 0 bridgehead atoms. The molecule has 3 rings (SSSR count). The molecule has 1 atom stereocenters. The summed E-state index contributed by atoms with van der Waals surface area (Å²) < 4.78 is 16.6. The molecule has 1 N–H and O–H groups in total. The third-order valence-corrected chi connectivity index (χ3v) is 6.72. The van der Waals surface area contributed by atoms with Crippen LogP contribution in [-0.2, 0) is 9.59 Å². The SMILES string of the molecule is COc1c(Cl)cc(/C(O)=C2\C(=O)C(=O)N(CCCN(C)C)C2c2cccc(OCC(C)C)c2)c(OC)c1Cl. The van der Waals surface area contributed by atoms with E-state index >= 15 is 0 Å². The lowest BCUT2D eigenvalue weighted by Crippen LogP contribution is -2.32. The van der Waals surface area contributed by atoms with Crippen molar-refractivity contribution in [3.8, 4) is 17.2 Å². The quantitative estimate of drug-likeness (QED) is 0.221. The van der Waals surface area contributed by atoms with Crippen molar-refractivity contribution in [2.45, 2.75) is 26.3 Å². The zero-order valence-corrected chi connectivity index (χ0v) is 24.0. The number of Topliss-reactive ketones (excluding diaryl/α,β-unsaturated/α-hetero) is 1. The van der Waals surface area contributed by atoms with Crippen LogP contribution < -0.4 is 14.2 Å². The lowest BCUT2D eigenvalue weighted by Gasteiger charge is -2.26. The first kappa shape index (κ1) is 29.6. The highest BCUT2D eigenvalue weighted by Gasteiger charge is 2.46. The molecule has 1 heterocycles. The van der Waals surface area contributed by atoms with Crippen LogP contribution in [0.4, 0.5) is 0 Å². The van der Waals surface area contributed by atoms with Crippen molar-refractivity contribution < 1.29 is 28.9 Å². The second-order valence-electron chi connectivity index (χ2n) is 9.71. The average Bonchev–Trinajstić information content (AvgIpc) is 3.12. The molecule has 0 spiro atoms. The minimum Gasteiger partial charge on any atom is -0.507 e. The number of halogens is 2. The Morgan fingerprint density at radius 1 is 1.11 bits per heavy atom. The fourth-order valence-corrected chi connectivity index (χ4v) is 5.03. The smallest absolute Gasteiger partial charge is 0.295 e. The summed E-state index contributed by atoms with van der Waals surface area (Å²) in [6.07, 6.45) is 0.629. The first-order chi connectivity index (χ1) is 18.0. The molecule has 1 unspecified atom stereocenters. The number of benzene rings is 2. The van der Waals surface area contributed by atoms with Crippen molar-refractivity contribution in [2.24, 2.45) is 5.92 Å². The standard InChI is InChI=1S/C28H34Cl2N2O6/c1-16(2)15-38-18-10-7-9-17(13-18)23-21(25(34)28(35)32(23)12-8-11-31(3)4)24(33)19-14-20(29)27(37-6)22(30)26(19)36-5/h7,9-10,13-14,16,23,33H,8,11-12,15H2,1-6H3/b24-21+. The van der Waals surface area contributed by atoms with Crippen LogP contribution in [0.1, 0.15) is 37.4 Å². The van der Waals surface area contributed by atoms with Gasteiger partial charge in [0.2, 0.25) is 0 Å². The topological polar surface area (TPSA) is 88.5 Å². The van der Waals surface area contributed by atoms with E-state index in [1.54, 1.807) is 18.2 Å². The minimum atomic E-state index is -0.857. The van der Waals surface area contributed by atoms with Crippen LogP contribution in [0.25, 0.3) is 5.76 Å². The van der Waals surface area contributed by atoms with E-state index < -0.39 is 23.5 Å². The van der Waals surface area contributed by atoms with Crippen LogP contribution in [0.5, 0.6) is 17.2 Å². The molecule has 206 valence electrons. The summed E-state index contributed by atoms with van der Waals surface area (Å²) in [6, 6.07) is 7.75. The Bertz CT molecular complexity index is 1230. The van der Waals surface area contributed by atoms with E-state index in [9.17, 15) is 14.7 Å². The third kappa shape index (κ3) is 6.20. The molecule has 8 nitrogen and oxygen atoms in total. The Morgan fingerprint density at radius 3 is 2.39 bits per heavy atom. The Morgan fingerprint density at radius 2 is 1.79 bits per heavy atom. The number of hydrogen-bond donors (Lipinski definition) is 1. The molecule has 0 saturated carbocycles. The number of carbonyl (C=O) groups excluding carboxylic acids is 2. The van der Waals surface area contributed by atoms with Gasteiger partial charge in [0.15, 0.2) is 11.5 Å². The predicted octanol–water partition coefficient (Wildman–Crippen LogP) is 5.42. The van der Waals surface area contributed by atoms with Crippen molar-refractivity contribution >= 4 is 40.7 Å². The van der Waals surface area contributed by atoms with Crippen molar-refractivity contribution in [3.05, 3.63) is 57.1 Å². The summed E-state index contributed by atoms with van der Waals surface area (Å²) in [5, 5.41) is 11.7. The number of methoxy groups -OCH3 is 2. The number of carbonyl (C=O) groups is 2. The lowest BCUT2D eigenvalue weighted by molar-refractivity contribution is -0.139. The number of aliphatic hydroxyl groups is 1. The van der Waals surface area contributed by atoms with Crippen LogP contribution in [0.3, 0.4) is 0 Å². The molecule has 0 aliphatic carbocycles. The van der Waals surface area contributed by atoms with E-state index in [-0.39, 0.29) is 32.7 Å². The molecule has 1 aliphatic rings. The molecule has 2 aromatic rings. The molecular weight excluding hydrogens is 531 g/mol. The molecule has 1 saturated heterocycles. The zero-order chi connectivity index (χ0) is 28.1. The van der Waals surface area contributed by atoms with Crippen LogP contribution in [0.15, 0.2) is 35.9 Å². The molecule has 0 radical (unpaired) electrons. The van der Waals surface area contributed by atoms with E-state index in [4.69, 9.17) is 37.4 Å². The Kier molecular flexibility index (Phi) is 9.93. The van der Waals surface area contributed by atoms with E-state index in [1.807, 2.05) is 38.9 Å². The summed E-state index contributed by atoms with van der Waals surface area (Å²) in [5.41, 5.74) is 0.616. The number of nitrogens with zero attached hydrogens (tertiary/aromatic N) is 2. The van der Waals surface area contributed by atoms with Crippen molar-refractivity contribution in [3.63, 3.8) is 0 Å². The monoisotopic (exact) mass is 564 g/mol. The first-order valence-electron chi connectivity index (χ1n) is 12.3. The third-order valence-electron chi connectivity index (χ3n) is 6.10. The predicted molar refractivity (Wildman–Crippen MR) is 149 cm³/mol. The maximum absolute atomic E-state index is 13.4. The van der Waals surface area contributed by atoms with Crippen molar-refractivity contribution in [2.75, 3.05) is 48.0 Å². The van der Waals surface area contributed by atoms with Crippen LogP contribution in [-0.4, -0.2) is 74.6 Å².